The van der Waals surface area contributed by atoms with E-state index < -0.39 is 0 Å². The van der Waals surface area contributed by atoms with Gasteiger partial charge >= 0.3 is 0 Å². The second-order valence-corrected chi connectivity index (χ2v) is 4.79. The van der Waals surface area contributed by atoms with Crippen LogP contribution in [0.1, 0.15) is 30.9 Å². The molecule has 1 N–H and O–H groups in total. The molecule has 1 heteroatoms. The van der Waals surface area contributed by atoms with Gasteiger partial charge in [0.25, 0.3) is 0 Å². The number of benzene rings is 2. The normalized spacial score (nSPS) is 10.8. The number of phenolic OH excluding ortho intramolecular Hbond substituents is 1. The Labute approximate surface area is 103 Å². The van der Waals surface area contributed by atoms with Gasteiger partial charge in [0.2, 0.25) is 0 Å². The number of hydrogen-bond donors (Lipinski definition) is 1. The average Bonchev–Trinajstić information content (AvgIpc) is 2.29. The highest BCUT2D eigenvalue weighted by molar-refractivity contribution is 5.69. The minimum Gasteiger partial charge on any atom is -0.508 e. The van der Waals surface area contributed by atoms with Gasteiger partial charge in [-0.15, -0.1) is 0 Å². The zero-order chi connectivity index (χ0) is 12.4. The number of hydrogen-bond acceptors (Lipinski definition) is 1. The van der Waals surface area contributed by atoms with E-state index in [1.807, 2.05) is 12.1 Å². The molecule has 0 atom stereocenters. The summed E-state index contributed by atoms with van der Waals surface area (Å²) in [5.74, 6) is 0.775. The van der Waals surface area contributed by atoms with Crippen LogP contribution in [0.3, 0.4) is 0 Å². The first-order valence-corrected chi connectivity index (χ1v) is 5.98. The zero-order valence-corrected chi connectivity index (χ0v) is 10.6. The quantitative estimate of drug-likeness (QED) is 0.799. The molecule has 2 rings (SSSR count). The Bertz CT molecular complexity index is 510. The van der Waals surface area contributed by atoms with E-state index in [0.717, 1.165) is 11.1 Å². The molecular formula is C16H18O. The van der Waals surface area contributed by atoms with E-state index in [0.29, 0.717) is 11.7 Å². The van der Waals surface area contributed by atoms with Crippen LogP contribution in [-0.4, -0.2) is 5.11 Å². The Morgan fingerprint density at radius 1 is 0.941 bits per heavy atom. The molecule has 0 saturated carbocycles. The summed E-state index contributed by atoms with van der Waals surface area (Å²) in [5, 5.41) is 9.64. The summed E-state index contributed by atoms with van der Waals surface area (Å²) in [6.45, 7) is 6.42. The van der Waals surface area contributed by atoms with Gasteiger partial charge in [0.05, 0.1) is 0 Å². The summed E-state index contributed by atoms with van der Waals surface area (Å²) in [7, 11) is 0. The van der Waals surface area contributed by atoms with Crippen molar-refractivity contribution in [3.8, 4) is 16.9 Å². The second kappa shape index (κ2) is 4.62. The SMILES string of the molecule is Cc1ccc(-c2cc(O)ccc2C(C)C)cc1. The van der Waals surface area contributed by atoms with Crippen molar-refractivity contribution in [1.82, 2.24) is 0 Å². The highest BCUT2D eigenvalue weighted by atomic mass is 16.3. The molecule has 0 saturated heterocycles. The lowest BCUT2D eigenvalue weighted by Crippen LogP contribution is -1.92. The van der Waals surface area contributed by atoms with Crippen LogP contribution in [0.15, 0.2) is 42.5 Å². The highest BCUT2D eigenvalue weighted by Gasteiger charge is 2.09. The Morgan fingerprint density at radius 3 is 2.18 bits per heavy atom. The standard InChI is InChI=1S/C16H18O/c1-11(2)15-9-8-14(17)10-16(15)13-6-4-12(3)5-7-13/h4-11,17H,1-3H3. The van der Waals surface area contributed by atoms with Crippen LogP contribution in [0, 0.1) is 6.92 Å². The summed E-state index contributed by atoms with van der Waals surface area (Å²) in [6, 6.07) is 14.0. The maximum atomic E-state index is 9.64. The van der Waals surface area contributed by atoms with Crippen LogP contribution in [0.5, 0.6) is 5.75 Å². The van der Waals surface area contributed by atoms with Crippen LogP contribution < -0.4 is 0 Å². The average molecular weight is 226 g/mol. The van der Waals surface area contributed by atoms with E-state index in [2.05, 4.69) is 45.0 Å². The smallest absolute Gasteiger partial charge is 0.116 e. The molecule has 2 aromatic rings. The fourth-order valence-electron chi connectivity index (χ4n) is 2.03. The molecule has 1 nitrogen and oxygen atoms in total. The van der Waals surface area contributed by atoms with Gasteiger partial charge in [-0.05, 0) is 41.7 Å². The van der Waals surface area contributed by atoms with Crippen molar-refractivity contribution < 1.29 is 5.11 Å². The molecule has 0 fully saturated rings. The van der Waals surface area contributed by atoms with Crippen molar-refractivity contribution in [2.24, 2.45) is 0 Å². The molecule has 0 aromatic heterocycles. The van der Waals surface area contributed by atoms with Gasteiger partial charge in [0, 0.05) is 0 Å². The first kappa shape index (κ1) is 11.7. The molecule has 0 aliphatic carbocycles. The summed E-state index contributed by atoms with van der Waals surface area (Å²) in [5.41, 5.74) is 4.81. The third kappa shape index (κ3) is 2.50. The lowest BCUT2D eigenvalue weighted by atomic mass is 9.92. The predicted molar refractivity (Wildman–Crippen MR) is 72.4 cm³/mol. The van der Waals surface area contributed by atoms with Gasteiger partial charge in [-0.3, -0.25) is 0 Å². The maximum absolute atomic E-state index is 9.64. The van der Waals surface area contributed by atoms with Crippen molar-refractivity contribution in [2.75, 3.05) is 0 Å². The van der Waals surface area contributed by atoms with E-state index in [1.165, 1.54) is 11.1 Å². The van der Waals surface area contributed by atoms with Gasteiger partial charge in [0.1, 0.15) is 5.75 Å². The van der Waals surface area contributed by atoms with E-state index in [-0.39, 0.29) is 0 Å². The number of phenols is 1. The van der Waals surface area contributed by atoms with Crippen molar-refractivity contribution >= 4 is 0 Å². The molecule has 0 bridgehead atoms. The van der Waals surface area contributed by atoms with Crippen molar-refractivity contribution in [1.29, 1.82) is 0 Å². The topological polar surface area (TPSA) is 20.2 Å². The minimum absolute atomic E-state index is 0.324. The van der Waals surface area contributed by atoms with Crippen molar-refractivity contribution in [3.63, 3.8) is 0 Å². The van der Waals surface area contributed by atoms with Crippen LogP contribution in [0.4, 0.5) is 0 Å². The first-order chi connectivity index (χ1) is 8.08. The molecule has 0 radical (unpaired) electrons. The number of aromatic hydroxyl groups is 1. The van der Waals surface area contributed by atoms with E-state index in [9.17, 15) is 5.11 Å². The maximum Gasteiger partial charge on any atom is 0.116 e. The van der Waals surface area contributed by atoms with Crippen LogP contribution >= 0.6 is 0 Å². The van der Waals surface area contributed by atoms with Crippen LogP contribution in [0.2, 0.25) is 0 Å². The molecule has 0 unspecified atom stereocenters. The molecule has 0 aliphatic heterocycles. The summed E-state index contributed by atoms with van der Waals surface area (Å²) in [4.78, 5) is 0. The molecule has 17 heavy (non-hydrogen) atoms. The third-order valence-corrected chi connectivity index (χ3v) is 3.02. The van der Waals surface area contributed by atoms with Crippen molar-refractivity contribution in [3.05, 3.63) is 53.6 Å². The molecule has 0 amide bonds. The molecule has 2 aromatic carbocycles. The Morgan fingerprint density at radius 2 is 1.59 bits per heavy atom. The van der Waals surface area contributed by atoms with Gasteiger partial charge in [-0.2, -0.15) is 0 Å². The predicted octanol–water partition coefficient (Wildman–Crippen LogP) is 4.49. The van der Waals surface area contributed by atoms with Crippen LogP contribution in [0.25, 0.3) is 11.1 Å². The zero-order valence-electron chi connectivity index (χ0n) is 10.6. The largest absolute Gasteiger partial charge is 0.508 e. The van der Waals surface area contributed by atoms with Gasteiger partial charge in [-0.1, -0.05) is 49.7 Å². The van der Waals surface area contributed by atoms with Crippen LogP contribution in [-0.2, 0) is 0 Å². The van der Waals surface area contributed by atoms with Gasteiger partial charge in [-0.25, -0.2) is 0 Å². The molecule has 0 heterocycles. The Hall–Kier alpha value is -1.76. The van der Waals surface area contributed by atoms with Crippen molar-refractivity contribution in [2.45, 2.75) is 26.7 Å². The fourth-order valence-corrected chi connectivity index (χ4v) is 2.03. The molecule has 88 valence electrons. The summed E-state index contributed by atoms with van der Waals surface area (Å²) >= 11 is 0. The molecule has 0 aliphatic rings. The van der Waals surface area contributed by atoms with Gasteiger partial charge in [0.15, 0.2) is 0 Å². The minimum atomic E-state index is 0.324. The number of rotatable bonds is 2. The van der Waals surface area contributed by atoms with E-state index in [1.54, 1.807) is 6.07 Å². The van der Waals surface area contributed by atoms with E-state index >= 15 is 0 Å². The lowest BCUT2D eigenvalue weighted by Gasteiger charge is -2.13. The van der Waals surface area contributed by atoms with E-state index in [4.69, 9.17) is 0 Å². The monoisotopic (exact) mass is 226 g/mol. The summed E-state index contributed by atoms with van der Waals surface area (Å²) < 4.78 is 0. The molecule has 0 spiro atoms. The summed E-state index contributed by atoms with van der Waals surface area (Å²) in [6.07, 6.45) is 0. The highest BCUT2D eigenvalue weighted by Crippen LogP contribution is 2.32. The first-order valence-electron chi connectivity index (χ1n) is 5.98. The molecular weight excluding hydrogens is 208 g/mol. The second-order valence-electron chi connectivity index (χ2n) is 4.79. The Kier molecular flexibility index (Phi) is 3.19. The lowest BCUT2D eigenvalue weighted by molar-refractivity contribution is 0.475. The Balaban J connectivity index is 2.56. The third-order valence-electron chi connectivity index (χ3n) is 3.02. The number of aryl methyl sites for hydroxylation is 1. The van der Waals surface area contributed by atoms with Gasteiger partial charge < -0.3 is 5.11 Å². The fraction of sp³-hybridized carbons (Fsp3) is 0.250.